The smallest absolute Gasteiger partial charge is 0.269 e. The Labute approximate surface area is 161 Å². The Morgan fingerprint density at radius 2 is 1.93 bits per heavy atom. The molecule has 1 aromatic carbocycles. The van der Waals surface area contributed by atoms with Crippen LogP contribution in [-0.4, -0.2) is 31.5 Å². The summed E-state index contributed by atoms with van der Waals surface area (Å²) in [5, 5.41) is 6.31. The molecule has 1 amide bonds. The number of nitrogens with zero attached hydrogens (tertiary/aromatic N) is 2. The molecule has 5 nitrogen and oxygen atoms in total. The monoisotopic (exact) mass is 364 g/mol. The summed E-state index contributed by atoms with van der Waals surface area (Å²) < 4.78 is 0. The van der Waals surface area contributed by atoms with Crippen LogP contribution in [0.25, 0.3) is 0 Å². The highest BCUT2D eigenvalue weighted by molar-refractivity contribution is 5.93. The van der Waals surface area contributed by atoms with Gasteiger partial charge in [0, 0.05) is 43.9 Å². The Morgan fingerprint density at radius 3 is 2.63 bits per heavy atom. The van der Waals surface area contributed by atoms with Gasteiger partial charge in [0.25, 0.3) is 5.91 Å². The van der Waals surface area contributed by atoms with Crippen LogP contribution in [0.4, 0.5) is 17.1 Å². The van der Waals surface area contributed by atoms with Crippen LogP contribution in [0.5, 0.6) is 0 Å². The van der Waals surface area contributed by atoms with E-state index in [0.29, 0.717) is 12.2 Å². The maximum atomic E-state index is 12.4. The highest BCUT2D eigenvalue weighted by Crippen LogP contribution is 2.21. The zero-order chi connectivity index (χ0) is 19.1. The van der Waals surface area contributed by atoms with Crippen LogP contribution >= 0.6 is 0 Å². The van der Waals surface area contributed by atoms with Crippen molar-refractivity contribution in [3.05, 3.63) is 59.9 Å². The summed E-state index contributed by atoms with van der Waals surface area (Å²) >= 11 is 0. The van der Waals surface area contributed by atoms with Gasteiger partial charge in [0.15, 0.2) is 0 Å². The van der Waals surface area contributed by atoms with Crippen molar-refractivity contribution in [2.75, 3.05) is 30.9 Å². The molecule has 0 saturated heterocycles. The number of rotatable bonds is 7. The van der Waals surface area contributed by atoms with Gasteiger partial charge < -0.3 is 15.5 Å². The number of allylic oxidation sites excluding steroid dienone is 1. The summed E-state index contributed by atoms with van der Waals surface area (Å²) in [5.74, 6) is -0.127. The number of hydrogen-bond donors (Lipinski definition) is 2. The highest BCUT2D eigenvalue weighted by Gasteiger charge is 2.09. The standard InChI is InChI=1S/C22H28N4O/c1-26(2)20-10-8-18(9-11-20)25-19-13-15-23-21(16-19)22(27)24-14-12-17-6-4-3-5-7-17/h6,8-11,13,15-16H,3-5,7,12,14H2,1-2H3,(H,23,25)(H,24,27). The minimum absolute atomic E-state index is 0.127. The third-order valence-corrected chi connectivity index (χ3v) is 4.78. The molecule has 2 aromatic rings. The first-order chi connectivity index (χ1) is 13.1. The van der Waals surface area contributed by atoms with E-state index in [-0.39, 0.29) is 5.91 Å². The van der Waals surface area contributed by atoms with E-state index >= 15 is 0 Å². The molecule has 0 unspecified atom stereocenters. The fraction of sp³-hybridized carbons (Fsp3) is 0.364. The number of carbonyl (C=O) groups is 1. The summed E-state index contributed by atoms with van der Waals surface area (Å²) in [4.78, 5) is 18.7. The summed E-state index contributed by atoms with van der Waals surface area (Å²) in [6.07, 6.45) is 9.81. The lowest BCUT2D eigenvalue weighted by atomic mass is 9.97. The van der Waals surface area contributed by atoms with Gasteiger partial charge in [-0.3, -0.25) is 9.78 Å². The molecule has 2 N–H and O–H groups in total. The van der Waals surface area contributed by atoms with Gasteiger partial charge in [-0.15, -0.1) is 0 Å². The number of benzene rings is 1. The summed E-state index contributed by atoms with van der Waals surface area (Å²) in [5.41, 5.74) is 4.86. The average Bonchev–Trinajstić information content (AvgIpc) is 2.69. The van der Waals surface area contributed by atoms with Crippen LogP contribution in [0, 0.1) is 0 Å². The molecule has 1 aromatic heterocycles. The third-order valence-electron chi connectivity index (χ3n) is 4.78. The van der Waals surface area contributed by atoms with Gasteiger partial charge in [0.05, 0.1) is 0 Å². The van der Waals surface area contributed by atoms with Crippen molar-refractivity contribution in [2.24, 2.45) is 0 Å². The SMILES string of the molecule is CN(C)c1ccc(Nc2ccnc(C(=O)NCCC3=CCCCC3)c2)cc1. The van der Waals surface area contributed by atoms with Crippen molar-refractivity contribution >= 4 is 23.0 Å². The molecule has 0 bridgehead atoms. The van der Waals surface area contributed by atoms with Crippen molar-refractivity contribution in [3.63, 3.8) is 0 Å². The molecule has 1 aliphatic rings. The van der Waals surface area contributed by atoms with E-state index < -0.39 is 0 Å². The largest absolute Gasteiger partial charge is 0.378 e. The quantitative estimate of drug-likeness (QED) is 0.710. The summed E-state index contributed by atoms with van der Waals surface area (Å²) in [6, 6.07) is 11.8. The lowest BCUT2D eigenvalue weighted by molar-refractivity contribution is 0.0949. The van der Waals surface area contributed by atoms with Crippen molar-refractivity contribution < 1.29 is 4.79 Å². The van der Waals surface area contributed by atoms with Crippen LogP contribution in [0.15, 0.2) is 54.2 Å². The summed E-state index contributed by atoms with van der Waals surface area (Å²) in [6.45, 7) is 0.663. The number of nitrogens with one attached hydrogen (secondary N) is 2. The number of aromatic nitrogens is 1. The second-order valence-corrected chi connectivity index (χ2v) is 7.11. The second kappa shape index (κ2) is 9.21. The lowest BCUT2D eigenvalue weighted by Gasteiger charge is -2.14. The molecule has 1 aliphatic carbocycles. The molecule has 3 rings (SSSR count). The zero-order valence-electron chi connectivity index (χ0n) is 16.2. The van der Waals surface area contributed by atoms with Crippen molar-refractivity contribution in [2.45, 2.75) is 32.1 Å². The predicted molar refractivity (Wildman–Crippen MR) is 112 cm³/mol. The third kappa shape index (κ3) is 5.58. The van der Waals surface area contributed by atoms with Crippen LogP contribution < -0.4 is 15.5 Å². The van der Waals surface area contributed by atoms with Gasteiger partial charge in [-0.2, -0.15) is 0 Å². The molecule has 0 saturated carbocycles. The topological polar surface area (TPSA) is 57.3 Å². The fourth-order valence-corrected chi connectivity index (χ4v) is 3.20. The van der Waals surface area contributed by atoms with E-state index in [4.69, 9.17) is 0 Å². The molecule has 5 heteroatoms. The van der Waals surface area contributed by atoms with E-state index in [9.17, 15) is 4.79 Å². The number of anilines is 3. The number of amides is 1. The Hall–Kier alpha value is -2.82. The molecule has 0 spiro atoms. The maximum Gasteiger partial charge on any atom is 0.269 e. The Balaban J connectivity index is 1.55. The van der Waals surface area contributed by atoms with Crippen LogP contribution in [0.3, 0.4) is 0 Å². The van der Waals surface area contributed by atoms with Crippen LogP contribution in [0.2, 0.25) is 0 Å². The van der Waals surface area contributed by atoms with E-state index in [0.717, 1.165) is 23.5 Å². The molecule has 1 heterocycles. The van der Waals surface area contributed by atoms with Gasteiger partial charge >= 0.3 is 0 Å². The molecule has 27 heavy (non-hydrogen) atoms. The van der Waals surface area contributed by atoms with Crippen LogP contribution in [0.1, 0.15) is 42.6 Å². The van der Waals surface area contributed by atoms with Gasteiger partial charge in [-0.25, -0.2) is 0 Å². The van der Waals surface area contributed by atoms with Gasteiger partial charge in [-0.05, 0) is 68.5 Å². The van der Waals surface area contributed by atoms with Gasteiger partial charge in [0.2, 0.25) is 0 Å². The first kappa shape index (κ1) is 19.0. The molecule has 0 aliphatic heterocycles. The molecular weight excluding hydrogens is 336 g/mol. The highest BCUT2D eigenvalue weighted by atomic mass is 16.1. The molecule has 0 atom stereocenters. The Bertz CT molecular complexity index is 796. The second-order valence-electron chi connectivity index (χ2n) is 7.11. The summed E-state index contributed by atoms with van der Waals surface area (Å²) in [7, 11) is 4.03. The van der Waals surface area contributed by atoms with Gasteiger partial charge in [0.1, 0.15) is 5.69 Å². The molecule has 0 fully saturated rings. The Kier molecular flexibility index (Phi) is 6.47. The lowest BCUT2D eigenvalue weighted by Crippen LogP contribution is -2.25. The van der Waals surface area contributed by atoms with E-state index in [2.05, 4.69) is 38.7 Å². The van der Waals surface area contributed by atoms with Gasteiger partial charge in [-0.1, -0.05) is 11.6 Å². The van der Waals surface area contributed by atoms with E-state index in [1.807, 2.05) is 32.3 Å². The molecule has 142 valence electrons. The predicted octanol–water partition coefficient (Wildman–Crippen LogP) is 4.51. The molecule has 0 radical (unpaired) electrons. The first-order valence-electron chi connectivity index (χ1n) is 9.58. The number of hydrogen-bond acceptors (Lipinski definition) is 4. The first-order valence-corrected chi connectivity index (χ1v) is 9.58. The van der Waals surface area contributed by atoms with E-state index in [1.165, 1.54) is 31.3 Å². The maximum absolute atomic E-state index is 12.4. The minimum Gasteiger partial charge on any atom is -0.378 e. The fourth-order valence-electron chi connectivity index (χ4n) is 3.20. The molecular formula is C22H28N4O. The normalized spacial score (nSPS) is 13.6. The van der Waals surface area contributed by atoms with Crippen LogP contribution in [-0.2, 0) is 0 Å². The van der Waals surface area contributed by atoms with Crippen molar-refractivity contribution in [1.29, 1.82) is 0 Å². The average molecular weight is 364 g/mol. The number of pyridine rings is 1. The Morgan fingerprint density at radius 1 is 1.11 bits per heavy atom. The zero-order valence-corrected chi connectivity index (χ0v) is 16.2. The van der Waals surface area contributed by atoms with Crippen molar-refractivity contribution in [3.8, 4) is 0 Å². The van der Waals surface area contributed by atoms with E-state index in [1.54, 1.807) is 12.3 Å². The minimum atomic E-state index is -0.127. The number of carbonyl (C=O) groups excluding carboxylic acids is 1. The van der Waals surface area contributed by atoms with Crippen molar-refractivity contribution in [1.82, 2.24) is 10.3 Å².